The molecule has 0 bridgehead atoms. The van der Waals surface area contributed by atoms with Crippen molar-refractivity contribution in [3.63, 3.8) is 0 Å². The van der Waals surface area contributed by atoms with Crippen molar-refractivity contribution >= 4 is 22.1 Å². The topological polar surface area (TPSA) is 32.6 Å². The molecule has 1 aliphatic rings. The van der Waals surface area contributed by atoms with Gasteiger partial charge in [-0.3, -0.25) is 4.40 Å². The molecule has 0 saturated carbocycles. The second-order valence-corrected chi connectivity index (χ2v) is 6.76. The molecule has 5 heteroatoms. The fourth-order valence-corrected chi connectivity index (χ4v) is 3.91. The monoisotopic (exact) mass is 292 g/mol. The van der Waals surface area contributed by atoms with Gasteiger partial charge in [0, 0.05) is 30.7 Å². The molecular weight excluding hydrogens is 268 g/mol. The van der Waals surface area contributed by atoms with E-state index in [1.165, 1.54) is 24.4 Å². The zero-order chi connectivity index (χ0) is 14.1. The van der Waals surface area contributed by atoms with E-state index in [0.717, 1.165) is 30.5 Å². The summed E-state index contributed by atoms with van der Waals surface area (Å²) in [4.78, 5) is 8.51. The van der Waals surface area contributed by atoms with Gasteiger partial charge < -0.3 is 10.2 Å². The summed E-state index contributed by atoms with van der Waals surface area (Å²) < 4.78 is 2.24. The van der Waals surface area contributed by atoms with Crippen LogP contribution < -0.4 is 10.2 Å². The molecular formula is C15H24N4S. The molecule has 0 amide bonds. The van der Waals surface area contributed by atoms with E-state index in [1.54, 1.807) is 11.3 Å². The average Bonchev–Trinajstić information content (AvgIpc) is 2.97. The third-order valence-electron chi connectivity index (χ3n) is 4.29. The van der Waals surface area contributed by atoms with Crippen LogP contribution in [0.3, 0.4) is 0 Å². The molecule has 1 saturated heterocycles. The maximum Gasteiger partial charge on any atom is 0.195 e. The van der Waals surface area contributed by atoms with Gasteiger partial charge in [-0.1, -0.05) is 13.8 Å². The Balaban J connectivity index is 1.95. The molecule has 4 nitrogen and oxygen atoms in total. The number of hydrogen-bond donors (Lipinski definition) is 1. The quantitative estimate of drug-likeness (QED) is 0.939. The van der Waals surface area contributed by atoms with E-state index in [2.05, 4.69) is 47.0 Å². The van der Waals surface area contributed by atoms with Crippen LogP contribution in [-0.2, 0) is 6.54 Å². The Hall–Kier alpha value is -1.07. The summed E-state index contributed by atoms with van der Waals surface area (Å²) in [6.45, 7) is 9.86. The van der Waals surface area contributed by atoms with E-state index < -0.39 is 0 Å². The standard InChI is InChI=1S/C15H24N4S/c1-4-16-10-13-14(17-15-19(13)7-8-20-15)18-6-5-11(2)9-12(18)3/h7-8,11-12,16H,4-6,9-10H2,1-3H3. The molecule has 0 radical (unpaired) electrons. The summed E-state index contributed by atoms with van der Waals surface area (Å²) >= 11 is 1.72. The molecule has 2 unspecified atom stereocenters. The molecule has 0 aliphatic carbocycles. The summed E-state index contributed by atoms with van der Waals surface area (Å²) in [6.07, 6.45) is 4.68. The minimum absolute atomic E-state index is 0.587. The lowest BCUT2D eigenvalue weighted by molar-refractivity contribution is 0.375. The first-order valence-electron chi connectivity index (χ1n) is 7.62. The number of imidazole rings is 1. The van der Waals surface area contributed by atoms with E-state index in [-0.39, 0.29) is 0 Å². The van der Waals surface area contributed by atoms with Gasteiger partial charge in [-0.15, -0.1) is 11.3 Å². The zero-order valence-electron chi connectivity index (χ0n) is 12.6. The minimum Gasteiger partial charge on any atom is -0.352 e. The number of piperidine rings is 1. The van der Waals surface area contributed by atoms with Crippen molar-refractivity contribution in [1.82, 2.24) is 14.7 Å². The number of thiazole rings is 1. The number of anilines is 1. The van der Waals surface area contributed by atoms with Crippen LogP contribution in [0.25, 0.3) is 4.96 Å². The van der Waals surface area contributed by atoms with E-state index in [0.29, 0.717) is 6.04 Å². The smallest absolute Gasteiger partial charge is 0.195 e. The number of hydrogen-bond acceptors (Lipinski definition) is 4. The summed E-state index contributed by atoms with van der Waals surface area (Å²) in [5.74, 6) is 2.03. The van der Waals surface area contributed by atoms with Gasteiger partial charge in [0.2, 0.25) is 0 Å². The molecule has 3 rings (SSSR count). The van der Waals surface area contributed by atoms with Crippen LogP contribution in [0, 0.1) is 5.92 Å². The molecule has 0 spiro atoms. The highest BCUT2D eigenvalue weighted by molar-refractivity contribution is 7.15. The van der Waals surface area contributed by atoms with E-state index in [9.17, 15) is 0 Å². The van der Waals surface area contributed by atoms with Gasteiger partial charge in [0.05, 0.1) is 5.69 Å². The van der Waals surface area contributed by atoms with Crippen molar-refractivity contribution in [3.05, 3.63) is 17.3 Å². The lowest BCUT2D eigenvalue weighted by atomic mass is 9.93. The van der Waals surface area contributed by atoms with Crippen molar-refractivity contribution < 1.29 is 0 Å². The van der Waals surface area contributed by atoms with Gasteiger partial charge in [0.25, 0.3) is 0 Å². The van der Waals surface area contributed by atoms with Gasteiger partial charge in [-0.2, -0.15) is 0 Å². The van der Waals surface area contributed by atoms with E-state index in [4.69, 9.17) is 4.98 Å². The lowest BCUT2D eigenvalue weighted by Crippen LogP contribution is -2.41. The Morgan fingerprint density at radius 3 is 3.05 bits per heavy atom. The fraction of sp³-hybridized carbons (Fsp3) is 0.667. The van der Waals surface area contributed by atoms with Gasteiger partial charge >= 0.3 is 0 Å². The number of nitrogens with zero attached hydrogens (tertiary/aromatic N) is 3. The predicted octanol–water partition coefficient (Wildman–Crippen LogP) is 3.13. The summed E-state index contributed by atoms with van der Waals surface area (Å²) in [5.41, 5.74) is 1.31. The third-order valence-corrected chi connectivity index (χ3v) is 5.05. The fourth-order valence-electron chi connectivity index (χ4n) is 3.18. The maximum atomic E-state index is 4.89. The Labute approximate surface area is 124 Å². The largest absolute Gasteiger partial charge is 0.352 e. The van der Waals surface area contributed by atoms with Crippen LogP contribution in [-0.4, -0.2) is 28.5 Å². The Morgan fingerprint density at radius 2 is 2.30 bits per heavy atom. The predicted molar refractivity (Wildman–Crippen MR) is 85.7 cm³/mol. The van der Waals surface area contributed by atoms with Crippen LogP contribution in [0.4, 0.5) is 5.82 Å². The second kappa shape index (κ2) is 5.74. The van der Waals surface area contributed by atoms with Crippen molar-refractivity contribution in [3.8, 4) is 0 Å². The van der Waals surface area contributed by atoms with Gasteiger partial charge in [0.15, 0.2) is 10.8 Å². The zero-order valence-corrected chi connectivity index (χ0v) is 13.4. The van der Waals surface area contributed by atoms with Crippen molar-refractivity contribution in [2.24, 2.45) is 5.92 Å². The van der Waals surface area contributed by atoms with Crippen LogP contribution in [0.5, 0.6) is 0 Å². The Morgan fingerprint density at radius 1 is 1.45 bits per heavy atom. The highest BCUT2D eigenvalue weighted by atomic mass is 32.1. The summed E-state index contributed by atoms with van der Waals surface area (Å²) in [7, 11) is 0. The Bertz CT molecular complexity index is 573. The van der Waals surface area contributed by atoms with Crippen molar-refractivity contribution in [2.75, 3.05) is 18.0 Å². The van der Waals surface area contributed by atoms with Gasteiger partial charge in [0.1, 0.15) is 0 Å². The second-order valence-electron chi connectivity index (χ2n) is 5.89. The maximum absolute atomic E-state index is 4.89. The highest BCUT2D eigenvalue weighted by Crippen LogP contribution is 2.31. The molecule has 110 valence electrons. The molecule has 1 fully saturated rings. The summed E-state index contributed by atoms with van der Waals surface area (Å²) in [5, 5.41) is 5.57. The van der Waals surface area contributed by atoms with E-state index in [1.807, 2.05) is 0 Å². The molecule has 2 atom stereocenters. The molecule has 20 heavy (non-hydrogen) atoms. The van der Waals surface area contributed by atoms with Gasteiger partial charge in [-0.25, -0.2) is 4.98 Å². The average molecular weight is 292 g/mol. The number of rotatable bonds is 4. The number of fused-ring (bicyclic) bond motifs is 1. The van der Waals surface area contributed by atoms with Crippen LogP contribution in [0.2, 0.25) is 0 Å². The molecule has 1 N–H and O–H groups in total. The van der Waals surface area contributed by atoms with Crippen LogP contribution in [0.1, 0.15) is 39.3 Å². The molecule has 2 aromatic rings. The number of aromatic nitrogens is 2. The molecule has 2 aromatic heterocycles. The molecule has 1 aliphatic heterocycles. The first kappa shape index (κ1) is 13.9. The Kier molecular flexibility index (Phi) is 3.98. The highest BCUT2D eigenvalue weighted by Gasteiger charge is 2.27. The third kappa shape index (κ3) is 2.44. The van der Waals surface area contributed by atoms with Gasteiger partial charge in [-0.05, 0) is 32.2 Å². The molecule has 0 aromatic carbocycles. The number of nitrogens with one attached hydrogen (secondary N) is 1. The van der Waals surface area contributed by atoms with E-state index >= 15 is 0 Å². The lowest BCUT2D eigenvalue weighted by Gasteiger charge is -2.37. The SMILES string of the molecule is CCNCc1c(N2CCC(C)CC2C)nc2sccn12. The molecule has 3 heterocycles. The summed E-state index contributed by atoms with van der Waals surface area (Å²) in [6, 6.07) is 0.587. The van der Waals surface area contributed by atoms with Crippen LogP contribution in [0.15, 0.2) is 11.6 Å². The first-order chi connectivity index (χ1) is 9.70. The first-order valence-corrected chi connectivity index (χ1v) is 8.50. The van der Waals surface area contributed by atoms with Crippen molar-refractivity contribution in [1.29, 1.82) is 0 Å². The minimum atomic E-state index is 0.587. The van der Waals surface area contributed by atoms with Crippen molar-refractivity contribution in [2.45, 2.75) is 46.2 Å². The normalized spacial score (nSPS) is 23.6. The van der Waals surface area contributed by atoms with Crippen LogP contribution >= 0.6 is 11.3 Å².